The van der Waals surface area contributed by atoms with Crippen LogP contribution in [0.5, 0.6) is 5.75 Å². The standard InChI is InChI=1S/C26H29FN2O4S/c1-18(2)8-11-28(26(31)23-7-4-13-32-23)16-25(30)29-12-9-24-21(10-14-34-24)22(29)17-33-20-6-3-5-19(27)15-20/h3-7,10,13-15,18,22H,8-9,11-12,16-17H2,1-2H3/t22-/m0/s1. The number of thiophene rings is 1. The zero-order valence-corrected chi connectivity index (χ0v) is 20.2. The van der Waals surface area contributed by atoms with Gasteiger partial charge in [-0.3, -0.25) is 9.59 Å². The third kappa shape index (κ3) is 5.67. The Balaban J connectivity index is 1.52. The van der Waals surface area contributed by atoms with Crippen LogP contribution in [0, 0.1) is 11.7 Å². The molecule has 2 aromatic heterocycles. The van der Waals surface area contributed by atoms with Crippen LogP contribution >= 0.6 is 11.3 Å². The largest absolute Gasteiger partial charge is 0.491 e. The number of hydrogen-bond donors (Lipinski definition) is 0. The van der Waals surface area contributed by atoms with Gasteiger partial charge in [0.25, 0.3) is 5.91 Å². The van der Waals surface area contributed by atoms with Crippen LogP contribution in [0.2, 0.25) is 0 Å². The number of furan rings is 1. The van der Waals surface area contributed by atoms with Crippen molar-refractivity contribution in [3.63, 3.8) is 0 Å². The van der Waals surface area contributed by atoms with E-state index < -0.39 is 0 Å². The molecule has 8 heteroatoms. The minimum absolute atomic E-state index is 0.0395. The molecule has 4 rings (SSSR count). The van der Waals surface area contributed by atoms with E-state index >= 15 is 0 Å². The highest BCUT2D eigenvalue weighted by atomic mass is 32.1. The Labute approximate surface area is 202 Å². The molecule has 3 heterocycles. The van der Waals surface area contributed by atoms with Crippen LogP contribution in [0.1, 0.15) is 47.3 Å². The normalized spacial score (nSPS) is 15.3. The molecule has 0 fully saturated rings. The molecule has 6 nitrogen and oxygen atoms in total. The van der Waals surface area contributed by atoms with E-state index in [2.05, 4.69) is 13.8 Å². The van der Waals surface area contributed by atoms with Gasteiger partial charge >= 0.3 is 0 Å². The third-order valence-corrected chi connectivity index (χ3v) is 6.94. The first-order valence-electron chi connectivity index (χ1n) is 11.5. The zero-order valence-electron chi connectivity index (χ0n) is 19.4. The highest BCUT2D eigenvalue weighted by molar-refractivity contribution is 7.10. The van der Waals surface area contributed by atoms with Crippen LogP contribution in [0.3, 0.4) is 0 Å². The predicted octanol–water partition coefficient (Wildman–Crippen LogP) is 5.17. The van der Waals surface area contributed by atoms with Crippen LogP contribution in [0.4, 0.5) is 4.39 Å². The van der Waals surface area contributed by atoms with E-state index in [1.165, 1.54) is 23.3 Å². The van der Waals surface area contributed by atoms with E-state index in [1.807, 2.05) is 11.4 Å². The summed E-state index contributed by atoms with van der Waals surface area (Å²) in [4.78, 5) is 31.1. The second-order valence-electron chi connectivity index (χ2n) is 8.81. The molecule has 1 aliphatic heterocycles. The zero-order chi connectivity index (χ0) is 24.1. The Hall–Kier alpha value is -3.13. The Morgan fingerprint density at radius 1 is 1.26 bits per heavy atom. The van der Waals surface area contributed by atoms with Crippen molar-refractivity contribution in [1.82, 2.24) is 9.80 Å². The molecule has 1 atom stereocenters. The number of hydrogen-bond acceptors (Lipinski definition) is 5. The van der Waals surface area contributed by atoms with Gasteiger partial charge in [-0.1, -0.05) is 19.9 Å². The monoisotopic (exact) mass is 484 g/mol. The Kier molecular flexibility index (Phi) is 7.67. The number of rotatable bonds is 9. The van der Waals surface area contributed by atoms with Crippen molar-refractivity contribution in [2.75, 3.05) is 26.2 Å². The Morgan fingerprint density at radius 2 is 2.12 bits per heavy atom. The number of nitrogens with zero attached hydrogens (tertiary/aromatic N) is 2. The summed E-state index contributed by atoms with van der Waals surface area (Å²) >= 11 is 1.66. The molecular weight excluding hydrogens is 455 g/mol. The molecular formula is C26H29FN2O4S. The van der Waals surface area contributed by atoms with E-state index in [4.69, 9.17) is 9.15 Å². The minimum Gasteiger partial charge on any atom is -0.491 e. The van der Waals surface area contributed by atoms with Gasteiger partial charge in [-0.25, -0.2) is 4.39 Å². The average Bonchev–Trinajstić information content (AvgIpc) is 3.51. The molecule has 0 unspecified atom stereocenters. The topological polar surface area (TPSA) is 63.0 Å². The molecule has 0 N–H and O–H groups in total. The number of carbonyl (C=O) groups is 2. The maximum atomic E-state index is 13.6. The van der Waals surface area contributed by atoms with Gasteiger partial charge in [-0.2, -0.15) is 0 Å². The lowest BCUT2D eigenvalue weighted by molar-refractivity contribution is -0.135. The van der Waals surface area contributed by atoms with Crippen molar-refractivity contribution >= 4 is 23.2 Å². The first kappa shape index (κ1) is 24.0. The number of carbonyl (C=O) groups excluding carboxylic acids is 2. The maximum absolute atomic E-state index is 13.6. The Morgan fingerprint density at radius 3 is 2.85 bits per heavy atom. The van der Waals surface area contributed by atoms with Crippen molar-refractivity contribution in [2.45, 2.75) is 32.7 Å². The van der Waals surface area contributed by atoms with Gasteiger partial charge in [-0.05, 0) is 60.0 Å². The molecule has 180 valence electrons. The van der Waals surface area contributed by atoms with Crippen LogP contribution < -0.4 is 4.74 Å². The number of benzene rings is 1. The summed E-state index contributed by atoms with van der Waals surface area (Å²) in [5.74, 6) is 0.219. The summed E-state index contributed by atoms with van der Waals surface area (Å²) in [6.07, 6.45) is 2.99. The lowest BCUT2D eigenvalue weighted by Gasteiger charge is -2.37. The second kappa shape index (κ2) is 10.9. The summed E-state index contributed by atoms with van der Waals surface area (Å²) in [6, 6.07) is 11.0. The van der Waals surface area contributed by atoms with Gasteiger partial charge in [-0.15, -0.1) is 11.3 Å². The predicted molar refractivity (Wildman–Crippen MR) is 128 cm³/mol. The fraction of sp³-hybridized carbons (Fsp3) is 0.385. The van der Waals surface area contributed by atoms with E-state index in [-0.39, 0.29) is 42.6 Å². The highest BCUT2D eigenvalue weighted by Gasteiger charge is 2.34. The van der Waals surface area contributed by atoms with Gasteiger partial charge in [0.1, 0.15) is 24.7 Å². The first-order valence-corrected chi connectivity index (χ1v) is 12.4. The van der Waals surface area contributed by atoms with Crippen molar-refractivity contribution in [3.05, 3.63) is 76.1 Å². The van der Waals surface area contributed by atoms with Crippen LogP contribution in [0.15, 0.2) is 58.5 Å². The summed E-state index contributed by atoms with van der Waals surface area (Å²) in [7, 11) is 0. The second-order valence-corrected chi connectivity index (χ2v) is 9.81. The molecule has 0 saturated heterocycles. The lowest BCUT2D eigenvalue weighted by atomic mass is 10.0. The van der Waals surface area contributed by atoms with E-state index in [9.17, 15) is 14.0 Å². The molecule has 1 aromatic carbocycles. The molecule has 0 bridgehead atoms. The van der Waals surface area contributed by atoms with Gasteiger partial charge in [0.15, 0.2) is 5.76 Å². The van der Waals surface area contributed by atoms with Crippen LogP contribution in [-0.4, -0.2) is 47.9 Å². The molecule has 2 amide bonds. The van der Waals surface area contributed by atoms with Crippen molar-refractivity contribution in [3.8, 4) is 5.75 Å². The summed E-state index contributed by atoms with van der Waals surface area (Å²) in [5, 5.41) is 2.02. The van der Waals surface area contributed by atoms with Crippen LogP contribution in [0.25, 0.3) is 0 Å². The van der Waals surface area contributed by atoms with E-state index in [0.29, 0.717) is 24.8 Å². The Bertz CT molecular complexity index is 1110. The van der Waals surface area contributed by atoms with Crippen molar-refractivity contribution in [2.24, 2.45) is 5.92 Å². The molecule has 3 aromatic rings. The molecule has 0 aliphatic carbocycles. The SMILES string of the molecule is CC(C)CCN(CC(=O)N1CCc2sccc2[C@@H]1COc1cccc(F)c1)C(=O)c1ccco1. The number of halogens is 1. The lowest BCUT2D eigenvalue weighted by Crippen LogP contribution is -2.48. The molecule has 1 aliphatic rings. The fourth-order valence-electron chi connectivity index (χ4n) is 4.08. The van der Waals surface area contributed by atoms with Gasteiger partial charge in [0.05, 0.1) is 12.3 Å². The molecule has 0 saturated carbocycles. The summed E-state index contributed by atoms with van der Waals surface area (Å²) in [5.41, 5.74) is 1.05. The van der Waals surface area contributed by atoms with Crippen LogP contribution in [-0.2, 0) is 11.2 Å². The number of amides is 2. The quantitative estimate of drug-likeness (QED) is 0.420. The van der Waals surface area contributed by atoms with E-state index in [0.717, 1.165) is 18.4 Å². The number of fused-ring (bicyclic) bond motifs is 1. The molecule has 0 radical (unpaired) electrons. The highest BCUT2D eigenvalue weighted by Crippen LogP contribution is 2.34. The van der Waals surface area contributed by atoms with Crippen molar-refractivity contribution in [1.29, 1.82) is 0 Å². The smallest absolute Gasteiger partial charge is 0.290 e. The summed E-state index contributed by atoms with van der Waals surface area (Å²) in [6.45, 7) is 5.33. The number of ether oxygens (including phenoxy) is 1. The van der Waals surface area contributed by atoms with Crippen molar-refractivity contribution < 1.29 is 23.1 Å². The van der Waals surface area contributed by atoms with E-state index in [1.54, 1.807) is 45.4 Å². The molecule has 34 heavy (non-hydrogen) atoms. The molecule has 0 spiro atoms. The average molecular weight is 485 g/mol. The van der Waals surface area contributed by atoms with Gasteiger partial charge < -0.3 is 19.0 Å². The first-order chi connectivity index (χ1) is 16.4. The minimum atomic E-state index is -0.373. The summed E-state index contributed by atoms with van der Waals surface area (Å²) < 4.78 is 24.8. The fourth-order valence-corrected chi connectivity index (χ4v) is 5.01. The van der Waals surface area contributed by atoms with Gasteiger partial charge in [0, 0.05) is 24.0 Å². The maximum Gasteiger partial charge on any atom is 0.290 e. The third-order valence-electron chi connectivity index (χ3n) is 5.94. The van der Waals surface area contributed by atoms with Gasteiger partial charge in [0.2, 0.25) is 5.91 Å².